The Morgan fingerprint density at radius 3 is 2.52 bits per heavy atom. The van der Waals surface area contributed by atoms with Crippen LogP contribution < -0.4 is 21.3 Å². The molecule has 8 nitrogen and oxygen atoms in total. The molecular formula is C30H32F2N6O2. The third kappa shape index (κ3) is 5.24. The lowest BCUT2D eigenvalue weighted by molar-refractivity contribution is 0.0904. The number of anilines is 2. The number of halogens is 2. The van der Waals surface area contributed by atoms with Gasteiger partial charge >= 0.3 is 0 Å². The number of primary amides is 1. The summed E-state index contributed by atoms with van der Waals surface area (Å²) in [5.74, 6) is -1.88. The first-order valence-corrected chi connectivity index (χ1v) is 13.7. The van der Waals surface area contributed by atoms with Crippen molar-refractivity contribution in [3.63, 3.8) is 0 Å². The number of piperazine rings is 1. The first kappa shape index (κ1) is 26.2. The number of carbonyl (C=O) groups is 1. The molecule has 0 radical (unpaired) electrons. The van der Waals surface area contributed by atoms with E-state index in [-0.39, 0.29) is 12.5 Å². The van der Waals surface area contributed by atoms with Gasteiger partial charge in [-0.05, 0) is 54.7 Å². The minimum absolute atomic E-state index is 0.0786. The van der Waals surface area contributed by atoms with Crippen LogP contribution in [0.1, 0.15) is 34.3 Å². The highest BCUT2D eigenvalue weighted by molar-refractivity contribution is 6.09. The predicted molar refractivity (Wildman–Crippen MR) is 152 cm³/mol. The molecule has 4 aromatic rings. The van der Waals surface area contributed by atoms with Crippen LogP contribution in [-0.2, 0) is 11.2 Å². The molecule has 2 saturated heterocycles. The summed E-state index contributed by atoms with van der Waals surface area (Å²) in [7, 11) is 0. The molecule has 0 bridgehead atoms. The third-order valence-corrected chi connectivity index (χ3v) is 7.67. The van der Waals surface area contributed by atoms with Crippen LogP contribution in [0, 0.1) is 11.6 Å². The van der Waals surface area contributed by atoms with Gasteiger partial charge in [-0.15, -0.1) is 0 Å². The molecule has 0 unspecified atom stereocenters. The van der Waals surface area contributed by atoms with Crippen LogP contribution in [0.2, 0.25) is 0 Å². The zero-order chi connectivity index (χ0) is 27.6. The fourth-order valence-electron chi connectivity index (χ4n) is 5.82. The van der Waals surface area contributed by atoms with Crippen molar-refractivity contribution in [2.24, 2.45) is 5.73 Å². The van der Waals surface area contributed by atoms with E-state index < -0.39 is 17.5 Å². The molecule has 0 atom stereocenters. The molecule has 1 amide bonds. The van der Waals surface area contributed by atoms with Gasteiger partial charge in [0.1, 0.15) is 17.3 Å². The zero-order valence-corrected chi connectivity index (χ0v) is 22.1. The second-order valence-corrected chi connectivity index (χ2v) is 10.4. The van der Waals surface area contributed by atoms with Crippen molar-refractivity contribution in [1.29, 1.82) is 0 Å². The van der Waals surface area contributed by atoms with E-state index in [9.17, 15) is 13.6 Å². The van der Waals surface area contributed by atoms with Crippen LogP contribution in [0.15, 0.2) is 48.5 Å². The first-order valence-electron chi connectivity index (χ1n) is 13.7. The number of amides is 1. The van der Waals surface area contributed by atoms with Crippen molar-refractivity contribution in [3.05, 3.63) is 76.9 Å². The van der Waals surface area contributed by atoms with Gasteiger partial charge in [0.15, 0.2) is 0 Å². The molecular weight excluding hydrogens is 514 g/mol. The summed E-state index contributed by atoms with van der Waals surface area (Å²) in [6.07, 6.45) is 1.78. The minimum Gasteiger partial charge on any atom is -0.381 e. The Bertz CT molecular complexity index is 1520. The Balaban J connectivity index is 1.63. The second-order valence-electron chi connectivity index (χ2n) is 10.4. The molecule has 10 heteroatoms. The van der Waals surface area contributed by atoms with Crippen molar-refractivity contribution in [1.82, 2.24) is 15.5 Å². The quantitative estimate of drug-likeness (QED) is 0.277. The number of H-pyrrole nitrogens is 1. The summed E-state index contributed by atoms with van der Waals surface area (Å²) in [6, 6.07) is 13.2. The molecule has 5 N–H and O–H groups in total. The van der Waals surface area contributed by atoms with Gasteiger partial charge in [0.05, 0.1) is 28.0 Å². The van der Waals surface area contributed by atoms with Crippen LogP contribution in [0.5, 0.6) is 0 Å². The average Bonchev–Trinajstić information content (AvgIpc) is 3.37. The smallest absolute Gasteiger partial charge is 0.250 e. The van der Waals surface area contributed by atoms with E-state index in [4.69, 9.17) is 15.6 Å². The number of nitrogens with two attached hydrogens (primary N) is 1. The van der Waals surface area contributed by atoms with E-state index in [1.807, 2.05) is 24.3 Å². The maximum absolute atomic E-state index is 14.2. The molecule has 1 aromatic heterocycles. The maximum atomic E-state index is 14.2. The van der Waals surface area contributed by atoms with Crippen LogP contribution >= 0.6 is 0 Å². The standard InChI is InChI=1S/C30H32F2N6O2/c31-20-14-18(15-21(32)17-20)13-19-16-24(30(33)39)27(35-22-5-11-40-12-6-22)26(29(19)38-9-7-34-8-10-38)28-23-3-1-2-4-25(23)36-37-28/h1-4,14-17,22,34-35H,5-13H2,(H2,33,39)(H,36,37). The van der Waals surface area contributed by atoms with Crippen LogP contribution in [0.3, 0.4) is 0 Å². The Morgan fingerprint density at radius 2 is 1.80 bits per heavy atom. The van der Waals surface area contributed by atoms with E-state index in [1.54, 1.807) is 6.07 Å². The molecule has 6 rings (SSSR count). The highest BCUT2D eigenvalue weighted by Gasteiger charge is 2.30. The largest absolute Gasteiger partial charge is 0.381 e. The normalized spacial score (nSPS) is 16.4. The van der Waals surface area contributed by atoms with Gasteiger partial charge in [-0.3, -0.25) is 9.89 Å². The Hall–Kier alpha value is -4.02. The van der Waals surface area contributed by atoms with Gasteiger partial charge in [0.25, 0.3) is 5.91 Å². The summed E-state index contributed by atoms with van der Waals surface area (Å²) >= 11 is 0. The summed E-state index contributed by atoms with van der Waals surface area (Å²) in [5, 5.41) is 15.8. The van der Waals surface area contributed by atoms with Crippen molar-refractivity contribution in [2.45, 2.75) is 25.3 Å². The van der Waals surface area contributed by atoms with Crippen molar-refractivity contribution in [3.8, 4) is 11.3 Å². The van der Waals surface area contributed by atoms with Crippen molar-refractivity contribution >= 4 is 28.2 Å². The molecule has 208 valence electrons. The van der Waals surface area contributed by atoms with Crippen LogP contribution in [0.25, 0.3) is 22.2 Å². The fraction of sp³-hybridized carbons (Fsp3) is 0.333. The van der Waals surface area contributed by atoms with E-state index in [2.05, 4.69) is 20.6 Å². The number of hydrogen-bond donors (Lipinski definition) is 4. The summed E-state index contributed by atoms with van der Waals surface area (Å²) in [4.78, 5) is 15.3. The van der Waals surface area contributed by atoms with Crippen LogP contribution in [-0.4, -0.2) is 61.5 Å². The third-order valence-electron chi connectivity index (χ3n) is 7.67. The Kier molecular flexibility index (Phi) is 7.36. The lowest BCUT2D eigenvalue weighted by Gasteiger charge is -2.35. The Labute approximate surface area is 230 Å². The first-order chi connectivity index (χ1) is 19.5. The monoisotopic (exact) mass is 546 g/mol. The summed E-state index contributed by atoms with van der Waals surface area (Å²) < 4.78 is 34.0. The molecule has 40 heavy (non-hydrogen) atoms. The summed E-state index contributed by atoms with van der Waals surface area (Å²) in [6.45, 7) is 4.22. The Morgan fingerprint density at radius 1 is 1.07 bits per heavy atom. The number of nitrogens with one attached hydrogen (secondary N) is 3. The highest BCUT2D eigenvalue weighted by atomic mass is 19.1. The van der Waals surface area contributed by atoms with Crippen molar-refractivity contribution < 1.29 is 18.3 Å². The molecule has 3 aromatic carbocycles. The molecule has 0 saturated carbocycles. The SMILES string of the molecule is NC(=O)c1cc(Cc2cc(F)cc(F)c2)c(N2CCNCC2)c(-c2n[nH]c3ccccc23)c1NC1CCOCC1. The van der Waals surface area contributed by atoms with Gasteiger partial charge in [0, 0.05) is 56.9 Å². The number of aromatic amines is 1. The number of aromatic nitrogens is 2. The lowest BCUT2D eigenvalue weighted by Crippen LogP contribution is -2.44. The number of rotatable bonds is 7. The lowest BCUT2D eigenvalue weighted by atomic mass is 9.90. The van der Waals surface area contributed by atoms with Gasteiger partial charge in [-0.25, -0.2) is 8.78 Å². The number of ether oxygens (including phenoxy) is 1. The number of benzene rings is 3. The number of nitrogens with zero attached hydrogens (tertiary/aromatic N) is 2. The number of carbonyl (C=O) groups excluding carboxylic acids is 1. The highest BCUT2D eigenvalue weighted by Crippen LogP contribution is 2.45. The minimum atomic E-state index is -0.648. The molecule has 0 spiro atoms. The zero-order valence-electron chi connectivity index (χ0n) is 22.1. The average molecular weight is 547 g/mol. The van der Waals surface area contributed by atoms with Crippen LogP contribution in [0.4, 0.5) is 20.2 Å². The van der Waals surface area contributed by atoms with Gasteiger partial charge in [-0.1, -0.05) is 18.2 Å². The number of para-hydroxylation sites is 1. The van der Waals surface area contributed by atoms with E-state index >= 15 is 0 Å². The molecule has 3 heterocycles. The maximum Gasteiger partial charge on any atom is 0.250 e. The van der Waals surface area contributed by atoms with Crippen molar-refractivity contribution in [2.75, 3.05) is 49.6 Å². The second kappa shape index (κ2) is 11.2. The summed E-state index contributed by atoms with van der Waals surface area (Å²) in [5.41, 5.74) is 11.4. The fourth-order valence-corrected chi connectivity index (χ4v) is 5.82. The number of fused-ring (bicyclic) bond motifs is 1. The van der Waals surface area contributed by atoms with Gasteiger partial charge in [-0.2, -0.15) is 5.10 Å². The predicted octanol–water partition coefficient (Wildman–Crippen LogP) is 4.20. The molecule has 2 aliphatic heterocycles. The van der Waals surface area contributed by atoms with E-state index in [0.29, 0.717) is 48.8 Å². The van der Waals surface area contributed by atoms with E-state index in [1.165, 1.54) is 12.1 Å². The molecule has 2 aliphatic rings. The van der Waals surface area contributed by atoms with Gasteiger partial charge in [0.2, 0.25) is 0 Å². The molecule has 2 fully saturated rings. The topological polar surface area (TPSA) is 108 Å². The van der Waals surface area contributed by atoms with Gasteiger partial charge < -0.3 is 26.0 Å². The molecule has 0 aliphatic carbocycles. The number of hydrogen-bond acceptors (Lipinski definition) is 6. The van der Waals surface area contributed by atoms with E-state index in [0.717, 1.165) is 59.7 Å².